The number of hydrogen-bond acceptors (Lipinski definition) is 2. The van der Waals surface area contributed by atoms with E-state index in [4.69, 9.17) is 5.73 Å². The van der Waals surface area contributed by atoms with E-state index in [0.717, 1.165) is 32.2 Å². The Hall–Kier alpha value is -0.570. The summed E-state index contributed by atoms with van der Waals surface area (Å²) < 4.78 is 0. The molecule has 0 spiro atoms. The Kier molecular flexibility index (Phi) is 3.53. The molecule has 1 saturated heterocycles. The van der Waals surface area contributed by atoms with Crippen molar-refractivity contribution >= 4 is 5.91 Å². The van der Waals surface area contributed by atoms with Crippen molar-refractivity contribution in [2.24, 2.45) is 5.73 Å². The summed E-state index contributed by atoms with van der Waals surface area (Å²) in [7, 11) is 0. The SMILES string of the molecule is CCC(CN)N1CCCCC1=O. The summed E-state index contributed by atoms with van der Waals surface area (Å²) in [5.41, 5.74) is 5.58. The molecule has 1 aliphatic rings. The van der Waals surface area contributed by atoms with Crippen molar-refractivity contribution in [1.29, 1.82) is 0 Å². The van der Waals surface area contributed by atoms with E-state index in [-0.39, 0.29) is 6.04 Å². The zero-order valence-electron chi connectivity index (χ0n) is 7.75. The van der Waals surface area contributed by atoms with Gasteiger partial charge in [0.05, 0.1) is 0 Å². The Balaban J connectivity index is 2.51. The first-order chi connectivity index (χ1) is 5.79. The van der Waals surface area contributed by atoms with Gasteiger partial charge in [-0.15, -0.1) is 0 Å². The average Bonchev–Trinajstić information content (AvgIpc) is 2.10. The molecule has 70 valence electrons. The van der Waals surface area contributed by atoms with E-state index in [1.807, 2.05) is 4.90 Å². The number of nitrogens with two attached hydrogens (primary N) is 1. The number of carbonyl (C=O) groups is 1. The molecular weight excluding hydrogens is 152 g/mol. The van der Waals surface area contributed by atoms with Crippen molar-refractivity contribution in [2.75, 3.05) is 13.1 Å². The van der Waals surface area contributed by atoms with Crippen LogP contribution in [0.2, 0.25) is 0 Å². The lowest BCUT2D eigenvalue weighted by Gasteiger charge is -2.33. The van der Waals surface area contributed by atoms with E-state index in [0.29, 0.717) is 12.5 Å². The van der Waals surface area contributed by atoms with E-state index in [2.05, 4.69) is 6.92 Å². The Bertz CT molecular complexity index is 155. The molecule has 1 unspecified atom stereocenters. The van der Waals surface area contributed by atoms with Gasteiger partial charge in [0.15, 0.2) is 0 Å². The van der Waals surface area contributed by atoms with Crippen molar-refractivity contribution in [3.8, 4) is 0 Å². The number of piperidine rings is 1. The summed E-state index contributed by atoms with van der Waals surface area (Å²) in [6.07, 6.45) is 3.89. The Morgan fingerprint density at radius 2 is 2.33 bits per heavy atom. The molecule has 0 saturated carbocycles. The summed E-state index contributed by atoms with van der Waals surface area (Å²) in [6.45, 7) is 3.59. The molecule has 3 heteroatoms. The molecule has 0 aromatic carbocycles. The second kappa shape index (κ2) is 4.45. The predicted molar refractivity (Wildman–Crippen MR) is 48.7 cm³/mol. The maximum absolute atomic E-state index is 11.4. The second-order valence-electron chi connectivity index (χ2n) is 3.34. The van der Waals surface area contributed by atoms with Crippen LogP contribution in [0.3, 0.4) is 0 Å². The summed E-state index contributed by atoms with van der Waals surface area (Å²) >= 11 is 0. The molecular formula is C9H18N2O. The van der Waals surface area contributed by atoms with Crippen LogP contribution in [0.25, 0.3) is 0 Å². The molecule has 1 fully saturated rings. The van der Waals surface area contributed by atoms with Gasteiger partial charge in [0.2, 0.25) is 5.91 Å². The molecule has 3 nitrogen and oxygen atoms in total. The number of likely N-dealkylation sites (tertiary alicyclic amines) is 1. The number of amides is 1. The minimum absolute atomic E-state index is 0.276. The zero-order valence-corrected chi connectivity index (χ0v) is 7.75. The first kappa shape index (κ1) is 9.52. The molecule has 1 aliphatic heterocycles. The molecule has 1 amide bonds. The molecule has 2 N–H and O–H groups in total. The van der Waals surface area contributed by atoms with Crippen LogP contribution in [0.5, 0.6) is 0 Å². The Labute approximate surface area is 73.9 Å². The van der Waals surface area contributed by atoms with E-state index in [9.17, 15) is 4.79 Å². The largest absolute Gasteiger partial charge is 0.338 e. The fourth-order valence-electron chi connectivity index (χ4n) is 1.73. The number of carbonyl (C=O) groups excluding carboxylic acids is 1. The summed E-state index contributed by atoms with van der Waals surface area (Å²) in [6, 6.07) is 0.276. The maximum atomic E-state index is 11.4. The fourth-order valence-corrected chi connectivity index (χ4v) is 1.73. The minimum Gasteiger partial charge on any atom is -0.338 e. The second-order valence-corrected chi connectivity index (χ2v) is 3.34. The molecule has 12 heavy (non-hydrogen) atoms. The van der Waals surface area contributed by atoms with Crippen LogP contribution in [-0.2, 0) is 4.79 Å². The van der Waals surface area contributed by atoms with Crippen molar-refractivity contribution in [3.63, 3.8) is 0 Å². The van der Waals surface area contributed by atoms with Gasteiger partial charge in [0.1, 0.15) is 0 Å². The van der Waals surface area contributed by atoms with Crippen LogP contribution in [0.15, 0.2) is 0 Å². The molecule has 1 rings (SSSR count). The van der Waals surface area contributed by atoms with E-state index < -0.39 is 0 Å². The molecule has 0 aliphatic carbocycles. The molecule has 0 bridgehead atoms. The van der Waals surface area contributed by atoms with Crippen LogP contribution < -0.4 is 5.73 Å². The Morgan fingerprint density at radius 1 is 1.58 bits per heavy atom. The average molecular weight is 170 g/mol. The number of nitrogens with zero attached hydrogens (tertiary/aromatic N) is 1. The first-order valence-corrected chi connectivity index (χ1v) is 4.79. The highest BCUT2D eigenvalue weighted by molar-refractivity contribution is 5.77. The third kappa shape index (κ3) is 1.97. The van der Waals surface area contributed by atoms with Crippen LogP contribution >= 0.6 is 0 Å². The summed E-state index contributed by atoms with van der Waals surface area (Å²) in [4.78, 5) is 13.4. The van der Waals surface area contributed by atoms with Gasteiger partial charge in [-0.25, -0.2) is 0 Å². The first-order valence-electron chi connectivity index (χ1n) is 4.79. The van der Waals surface area contributed by atoms with Gasteiger partial charge in [-0.05, 0) is 19.3 Å². The third-order valence-corrected chi connectivity index (χ3v) is 2.54. The van der Waals surface area contributed by atoms with Crippen molar-refractivity contribution in [1.82, 2.24) is 4.90 Å². The van der Waals surface area contributed by atoms with Crippen molar-refractivity contribution < 1.29 is 4.79 Å². The van der Waals surface area contributed by atoms with Gasteiger partial charge in [-0.3, -0.25) is 4.79 Å². The molecule has 1 atom stereocenters. The Morgan fingerprint density at radius 3 is 2.83 bits per heavy atom. The lowest BCUT2D eigenvalue weighted by Crippen LogP contribution is -2.46. The van der Waals surface area contributed by atoms with Crippen molar-refractivity contribution in [2.45, 2.75) is 38.6 Å². The van der Waals surface area contributed by atoms with Gasteiger partial charge in [0.25, 0.3) is 0 Å². The maximum Gasteiger partial charge on any atom is 0.222 e. The normalized spacial score (nSPS) is 21.2. The molecule has 0 radical (unpaired) electrons. The fraction of sp³-hybridized carbons (Fsp3) is 0.889. The van der Waals surface area contributed by atoms with E-state index in [1.54, 1.807) is 0 Å². The highest BCUT2D eigenvalue weighted by Gasteiger charge is 2.23. The highest BCUT2D eigenvalue weighted by atomic mass is 16.2. The minimum atomic E-state index is 0.276. The molecule has 0 aromatic rings. The lowest BCUT2D eigenvalue weighted by molar-refractivity contribution is -0.135. The van der Waals surface area contributed by atoms with Crippen LogP contribution in [0.4, 0.5) is 0 Å². The quantitative estimate of drug-likeness (QED) is 0.679. The smallest absolute Gasteiger partial charge is 0.222 e. The number of rotatable bonds is 3. The predicted octanol–water partition coefficient (Wildman–Crippen LogP) is 0.736. The van der Waals surface area contributed by atoms with Gasteiger partial charge in [-0.1, -0.05) is 6.92 Å². The van der Waals surface area contributed by atoms with Gasteiger partial charge >= 0.3 is 0 Å². The van der Waals surface area contributed by atoms with Gasteiger partial charge in [-0.2, -0.15) is 0 Å². The lowest BCUT2D eigenvalue weighted by atomic mass is 10.1. The molecule has 0 aromatic heterocycles. The standard InChI is InChI=1S/C9H18N2O/c1-2-8(7-10)11-6-4-3-5-9(11)12/h8H,2-7,10H2,1H3. The third-order valence-electron chi connectivity index (χ3n) is 2.54. The van der Waals surface area contributed by atoms with E-state index >= 15 is 0 Å². The number of hydrogen-bond donors (Lipinski definition) is 1. The summed E-state index contributed by atoms with van der Waals surface area (Å²) in [5.74, 6) is 0.290. The van der Waals surface area contributed by atoms with Gasteiger partial charge < -0.3 is 10.6 Å². The van der Waals surface area contributed by atoms with Crippen LogP contribution in [0.1, 0.15) is 32.6 Å². The van der Waals surface area contributed by atoms with E-state index in [1.165, 1.54) is 0 Å². The van der Waals surface area contributed by atoms with Crippen molar-refractivity contribution in [3.05, 3.63) is 0 Å². The topological polar surface area (TPSA) is 46.3 Å². The van der Waals surface area contributed by atoms with Gasteiger partial charge in [0, 0.05) is 25.6 Å². The highest BCUT2D eigenvalue weighted by Crippen LogP contribution is 2.14. The monoisotopic (exact) mass is 170 g/mol. The zero-order chi connectivity index (χ0) is 8.97. The molecule has 1 heterocycles. The van der Waals surface area contributed by atoms with Crippen LogP contribution in [-0.4, -0.2) is 29.9 Å². The van der Waals surface area contributed by atoms with Crippen LogP contribution in [0, 0.1) is 0 Å². The summed E-state index contributed by atoms with van der Waals surface area (Å²) in [5, 5.41) is 0.